The van der Waals surface area contributed by atoms with Crippen molar-refractivity contribution in [1.82, 2.24) is 9.55 Å². The van der Waals surface area contributed by atoms with E-state index in [0.717, 1.165) is 5.82 Å². The van der Waals surface area contributed by atoms with Crippen molar-refractivity contribution >= 4 is 41.9 Å². The summed E-state index contributed by atoms with van der Waals surface area (Å²) in [6.07, 6.45) is 14.5. The van der Waals surface area contributed by atoms with Crippen LogP contribution in [-0.4, -0.2) is 47.1 Å². The Labute approximate surface area is 171 Å². The second kappa shape index (κ2) is 6.85. The minimum Gasteiger partial charge on any atom is -0.294 e. The van der Waals surface area contributed by atoms with Crippen LogP contribution < -0.4 is 0 Å². The van der Waals surface area contributed by atoms with E-state index < -0.39 is 20.1 Å². The molecule has 2 nitrogen and oxygen atoms in total. The summed E-state index contributed by atoms with van der Waals surface area (Å²) >= 11 is 0. The molecule has 0 aliphatic heterocycles. The second-order valence-corrected chi connectivity index (χ2v) is 18.0. The number of fused-ring (bicyclic) bond motifs is 3. The largest absolute Gasteiger partial charge is 0.294 e. The Morgan fingerprint density at radius 3 is 1.64 bits per heavy atom. The Morgan fingerprint density at radius 1 is 0.643 bits per heavy atom. The zero-order valence-electron chi connectivity index (χ0n) is 17.6. The predicted molar refractivity (Wildman–Crippen MR) is 132 cm³/mol. The van der Waals surface area contributed by atoms with E-state index in [2.05, 4.69) is 109 Å². The van der Waals surface area contributed by atoms with Crippen molar-refractivity contribution in [3.05, 3.63) is 72.4 Å². The molecule has 0 radical (unpaired) electrons. The van der Waals surface area contributed by atoms with Gasteiger partial charge >= 0.3 is 0 Å². The summed E-state index contributed by atoms with van der Waals surface area (Å²) in [6.45, 7) is 0. The summed E-state index contributed by atoms with van der Waals surface area (Å²) < 4.78 is 2.84. The zero-order valence-corrected chi connectivity index (χ0v) is 19.3. The maximum Gasteiger partial charge on any atom is 0.137 e. The molecule has 0 N–H and O–H groups in total. The molecule has 0 saturated carbocycles. The smallest absolute Gasteiger partial charge is 0.137 e. The molecule has 28 heavy (non-hydrogen) atoms. The molecule has 0 spiro atoms. The first-order valence-corrected chi connectivity index (χ1v) is 15.3. The number of benzene rings is 2. The maximum atomic E-state index is 5.25. The molecule has 0 atom stereocenters. The molecule has 4 heteroatoms. The van der Waals surface area contributed by atoms with E-state index in [4.69, 9.17) is 4.98 Å². The lowest BCUT2D eigenvalue weighted by molar-refractivity contribution is 1.03. The Morgan fingerprint density at radius 2 is 1.14 bits per heavy atom. The van der Waals surface area contributed by atoms with Crippen molar-refractivity contribution in [3.63, 3.8) is 0 Å². The molecule has 0 amide bonds. The van der Waals surface area contributed by atoms with Gasteiger partial charge in [0.25, 0.3) is 0 Å². The molecule has 2 aromatic heterocycles. The van der Waals surface area contributed by atoms with E-state index in [-0.39, 0.29) is 0 Å². The van der Waals surface area contributed by atoms with Crippen molar-refractivity contribution in [1.29, 1.82) is 0 Å². The van der Waals surface area contributed by atoms with Gasteiger partial charge in [-0.25, -0.2) is 25.0 Å². The number of nitrogens with zero attached hydrogens (tertiary/aromatic N) is 2. The van der Waals surface area contributed by atoms with Gasteiger partial charge in [-0.05, 0) is 61.8 Å². The van der Waals surface area contributed by atoms with Crippen LogP contribution in [0.5, 0.6) is 0 Å². The first-order chi connectivity index (χ1) is 13.2. The van der Waals surface area contributed by atoms with Gasteiger partial charge in [0.2, 0.25) is 0 Å². The Bertz CT molecular complexity index is 1080. The molecule has 0 bridgehead atoms. The van der Waals surface area contributed by atoms with Crippen LogP contribution in [0.3, 0.4) is 0 Å². The fourth-order valence-corrected chi connectivity index (χ4v) is 13.1. The van der Waals surface area contributed by atoms with Gasteiger partial charge < -0.3 is 0 Å². The van der Waals surface area contributed by atoms with Gasteiger partial charge in [0.05, 0.1) is 21.3 Å². The second-order valence-electron chi connectivity index (χ2n) is 8.99. The zero-order chi connectivity index (χ0) is 20.1. The minimum atomic E-state index is -0.781. The molecule has 0 unspecified atom stereocenters. The predicted octanol–water partition coefficient (Wildman–Crippen LogP) is 6.57. The summed E-state index contributed by atoms with van der Waals surface area (Å²) in [5, 5.41) is 2.56. The van der Waals surface area contributed by atoms with Crippen LogP contribution in [-0.2, 0) is 0 Å². The average molecular weight is 411 g/mol. The first-order valence-electron chi connectivity index (χ1n) is 9.48. The van der Waals surface area contributed by atoms with Gasteiger partial charge in [0, 0.05) is 10.8 Å². The Kier molecular flexibility index (Phi) is 4.75. The van der Waals surface area contributed by atoms with Crippen molar-refractivity contribution in [3.8, 4) is 5.82 Å². The van der Waals surface area contributed by atoms with E-state index in [1.807, 2.05) is 0 Å². The number of pyridine rings is 1. The van der Waals surface area contributed by atoms with E-state index in [1.165, 1.54) is 27.5 Å². The molecule has 2 aromatic carbocycles. The van der Waals surface area contributed by atoms with Crippen LogP contribution >= 0.6 is 20.1 Å². The molecule has 0 aliphatic rings. The van der Waals surface area contributed by atoms with Crippen LogP contribution in [0.1, 0.15) is 10.3 Å². The summed E-state index contributed by atoms with van der Waals surface area (Å²) in [5.74, 6) is 1.02. The number of para-hydroxylation sites is 2. The summed E-state index contributed by atoms with van der Waals surface area (Å²) in [7, 11) is -1.56. The number of aromatic nitrogens is 2. The van der Waals surface area contributed by atoms with Gasteiger partial charge in [0.15, 0.2) is 0 Å². The van der Waals surface area contributed by atoms with E-state index in [1.54, 1.807) is 0 Å². The summed E-state index contributed by atoms with van der Waals surface area (Å²) in [4.78, 5) is 5.25. The van der Waals surface area contributed by atoms with E-state index in [9.17, 15) is 0 Å². The number of rotatable bonds is 4. The van der Waals surface area contributed by atoms with Crippen LogP contribution in [0.4, 0.5) is 0 Å². The lowest BCUT2D eigenvalue weighted by Gasteiger charge is -2.47. The van der Waals surface area contributed by atoms with Gasteiger partial charge in [-0.15, -0.1) is 0 Å². The van der Waals surface area contributed by atoms with Crippen LogP contribution in [0.2, 0.25) is 0 Å². The number of hydrogen-bond acceptors (Lipinski definition) is 1. The highest BCUT2D eigenvalue weighted by molar-refractivity contribution is 8.47. The van der Waals surface area contributed by atoms with E-state index >= 15 is 0 Å². The Hall–Kier alpha value is -1.91. The summed E-state index contributed by atoms with van der Waals surface area (Å²) in [5.41, 5.74) is 3.68. The topological polar surface area (TPSA) is 17.8 Å². The molecule has 0 fully saturated rings. The van der Waals surface area contributed by atoms with E-state index in [0.29, 0.717) is 4.58 Å². The molecule has 4 aromatic rings. The first kappa shape index (κ1) is 19.4. The molecule has 4 rings (SSSR count). The molecule has 0 saturated heterocycles. The lowest BCUT2D eigenvalue weighted by atomic mass is 10.2. The molecule has 2 heterocycles. The fourth-order valence-electron chi connectivity index (χ4n) is 4.46. The van der Waals surface area contributed by atoms with Gasteiger partial charge in [-0.3, -0.25) is 4.57 Å². The third-order valence-electron chi connectivity index (χ3n) is 5.09. The fraction of sp³-hybridized carbons (Fsp3) is 0.292. The van der Waals surface area contributed by atoms with Crippen LogP contribution in [0, 0.1) is 0 Å². The highest BCUT2D eigenvalue weighted by Gasteiger charge is 2.31. The molecule has 148 valence electrons. The molecular formula is C24H30N2S2. The van der Waals surface area contributed by atoms with Gasteiger partial charge in [-0.1, -0.05) is 42.5 Å². The third-order valence-corrected chi connectivity index (χ3v) is 11.6. The minimum absolute atomic E-state index is 0.521. The van der Waals surface area contributed by atoms with Gasteiger partial charge in [0.1, 0.15) is 5.82 Å². The lowest BCUT2D eigenvalue weighted by Crippen LogP contribution is -2.16. The van der Waals surface area contributed by atoms with Crippen molar-refractivity contribution in [2.24, 2.45) is 0 Å². The molecular weight excluding hydrogens is 380 g/mol. The van der Waals surface area contributed by atoms with Gasteiger partial charge in [-0.2, -0.15) is 0 Å². The van der Waals surface area contributed by atoms with Crippen molar-refractivity contribution in [2.45, 2.75) is 4.58 Å². The SMILES string of the molecule is CS(C)(C)C(c1cccc(-n2c3ccccc3c3ccccc32)n1)S(C)(C)C. The normalized spacial score (nSPS) is 14.1. The Balaban J connectivity index is 1.98. The summed E-state index contributed by atoms with van der Waals surface area (Å²) in [6, 6.07) is 23.8. The quantitative estimate of drug-likeness (QED) is 0.372. The average Bonchev–Trinajstić information content (AvgIpc) is 2.94. The van der Waals surface area contributed by atoms with Crippen molar-refractivity contribution < 1.29 is 0 Å². The van der Waals surface area contributed by atoms with Crippen molar-refractivity contribution in [2.75, 3.05) is 37.5 Å². The number of hydrogen-bond donors (Lipinski definition) is 0. The third kappa shape index (κ3) is 3.33. The standard InChI is InChI=1S/C24H30N2S2/c1-27(2,3)24(28(4,5)6)20-14-11-17-23(25-20)26-21-15-9-7-12-18(21)19-13-8-10-16-22(19)26/h7-17,24H,1-6H3. The highest BCUT2D eigenvalue weighted by Crippen LogP contribution is 2.68. The maximum absolute atomic E-state index is 5.25. The highest BCUT2D eigenvalue weighted by atomic mass is 32.3. The molecule has 0 aliphatic carbocycles. The monoisotopic (exact) mass is 410 g/mol. The van der Waals surface area contributed by atoms with Crippen LogP contribution in [0.15, 0.2) is 66.7 Å². The van der Waals surface area contributed by atoms with Crippen LogP contribution in [0.25, 0.3) is 27.6 Å².